The molecule has 4 aromatic rings. The summed E-state index contributed by atoms with van der Waals surface area (Å²) >= 11 is 5.97. The predicted octanol–water partition coefficient (Wildman–Crippen LogP) is 4.60. The highest BCUT2D eigenvalue weighted by molar-refractivity contribution is 6.30. The van der Waals surface area contributed by atoms with Gasteiger partial charge in [-0.05, 0) is 54.0 Å². The first-order valence-electron chi connectivity index (χ1n) is 9.76. The molecule has 8 nitrogen and oxygen atoms in total. The number of Topliss-reactive ketones (excluding diaryl/α,β-unsaturated/α-hetero) is 1. The van der Waals surface area contributed by atoms with E-state index in [4.69, 9.17) is 20.9 Å². The normalized spacial score (nSPS) is 10.7. The minimum Gasteiger partial charge on any atom is -0.436 e. The molecule has 32 heavy (non-hydrogen) atoms. The van der Waals surface area contributed by atoms with Crippen LogP contribution in [0.3, 0.4) is 0 Å². The van der Waals surface area contributed by atoms with Crippen molar-refractivity contribution in [2.45, 2.75) is 19.9 Å². The van der Waals surface area contributed by atoms with Gasteiger partial charge >= 0.3 is 0 Å². The van der Waals surface area contributed by atoms with Gasteiger partial charge in [0.15, 0.2) is 0 Å². The summed E-state index contributed by atoms with van der Waals surface area (Å²) in [6.45, 7) is 1.71. The van der Waals surface area contributed by atoms with Gasteiger partial charge in [-0.2, -0.15) is 0 Å². The topological polar surface area (TPSA) is 99.2 Å². The van der Waals surface area contributed by atoms with Gasteiger partial charge in [-0.3, -0.25) is 14.2 Å². The molecule has 162 valence electrons. The van der Waals surface area contributed by atoms with Gasteiger partial charge in [0.25, 0.3) is 11.4 Å². The third kappa shape index (κ3) is 5.22. The number of anilines is 2. The molecule has 0 aliphatic carbocycles. The number of nitrogens with one attached hydrogen (secondary N) is 1. The van der Waals surface area contributed by atoms with Crippen LogP contribution >= 0.6 is 11.6 Å². The minimum absolute atomic E-state index is 0.0286. The van der Waals surface area contributed by atoms with Gasteiger partial charge in [0.2, 0.25) is 5.95 Å². The van der Waals surface area contributed by atoms with E-state index in [0.29, 0.717) is 33.9 Å². The first kappa shape index (κ1) is 21.3. The second-order valence-electron chi connectivity index (χ2n) is 7.09. The number of hydrogen-bond acceptors (Lipinski definition) is 7. The van der Waals surface area contributed by atoms with E-state index in [1.165, 1.54) is 24.0 Å². The van der Waals surface area contributed by atoms with Crippen molar-refractivity contribution in [3.05, 3.63) is 93.6 Å². The summed E-state index contributed by atoms with van der Waals surface area (Å²) in [5.74, 6) is 1.17. The molecule has 4 rings (SSSR count). The molecule has 9 heteroatoms. The highest BCUT2D eigenvalue weighted by Gasteiger charge is 2.13. The van der Waals surface area contributed by atoms with E-state index < -0.39 is 0 Å². The van der Waals surface area contributed by atoms with Crippen LogP contribution in [-0.4, -0.2) is 20.5 Å². The average Bonchev–Trinajstić information content (AvgIpc) is 3.28. The number of ether oxygens (including phenoxy) is 1. The molecular weight excluding hydrogens is 432 g/mol. The molecule has 0 radical (unpaired) electrons. The van der Waals surface area contributed by atoms with Crippen molar-refractivity contribution in [2.24, 2.45) is 0 Å². The number of benzene rings is 2. The fraction of sp³-hybridized carbons (Fsp3) is 0.130. The monoisotopic (exact) mass is 450 g/mol. The molecule has 1 N–H and O–H groups in total. The van der Waals surface area contributed by atoms with Crippen LogP contribution in [0, 0.1) is 0 Å². The fourth-order valence-corrected chi connectivity index (χ4v) is 3.18. The van der Waals surface area contributed by atoms with Crippen molar-refractivity contribution in [2.75, 3.05) is 5.32 Å². The first-order valence-corrected chi connectivity index (χ1v) is 10.1. The SMILES string of the molecule is CC(=O)Cc1cnc(Nc2ccc(Oc3ccon3)cc2)n(Cc2ccc(Cl)cc2)c1=O. The van der Waals surface area contributed by atoms with Gasteiger partial charge in [-0.1, -0.05) is 23.7 Å². The Kier molecular flexibility index (Phi) is 6.32. The van der Waals surface area contributed by atoms with Crippen LogP contribution in [-0.2, 0) is 17.8 Å². The lowest BCUT2D eigenvalue weighted by Crippen LogP contribution is -2.28. The lowest BCUT2D eigenvalue weighted by atomic mass is 10.2. The van der Waals surface area contributed by atoms with Gasteiger partial charge in [0.1, 0.15) is 17.8 Å². The zero-order valence-electron chi connectivity index (χ0n) is 17.1. The molecular formula is C23H19ClN4O4. The average molecular weight is 451 g/mol. The van der Waals surface area contributed by atoms with Gasteiger partial charge < -0.3 is 14.6 Å². The van der Waals surface area contributed by atoms with Crippen LogP contribution < -0.4 is 15.6 Å². The second-order valence-corrected chi connectivity index (χ2v) is 7.53. The summed E-state index contributed by atoms with van der Waals surface area (Å²) in [6.07, 6.45) is 2.89. The molecule has 2 heterocycles. The van der Waals surface area contributed by atoms with Crippen LogP contribution in [0.4, 0.5) is 11.6 Å². The highest BCUT2D eigenvalue weighted by Crippen LogP contribution is 2.23. The lowest BCUT2D eigenvalue weighted by Gasteiger charge is -2.15. The van der Waals surface area contributed by atoms with Crippen molar-refractivity contribution in [1.29, 1.82) is 0 Å². The number of hydrogen-bond donors (Lipinski definition) is 1. The fourth-order valence-electron chi connectivity index (χ4n) is 3.05. The number of aromatic nitrogens is 3. The molecule has 0 amide bonds. The molecule has 0 atom stereocenters. The van der Waals surface area contributed by atoms with Crippen LogP contribution in [0.15, 0.2) is 76.4 Å². The number of carbonyl (C=O) groups excluding carboxylic acids is 1. The molecule has 0 spiro atoms. The van der Waals surface area contributed by atoms with Gasteiger partial charge in [-0.15, -0.1) is 0 Å². The zero-order valence-corrected chi connectivity index (χ0v) is 17.9. The Hall–Kier alpha value is -3.91. The molecule has 0 saturated heterocycles. The third-order valence-electron chi connectivity index (χ3n) is 4.56. The van der Waals surface area contributed by atoms with Crippen LogP contribution in [0.5, 0.6) is 11.6 Å². The molecule has 0 fully saturated rings. The van der Waals surface area contributed by atoms with Crippen LogP contribution in [0.1, 0.15) is 18.1 Å². The number of carbonyl (C=O) groups is 1. The van der Waals surface area contributed by atoms with Gasteiger partial charge in [0.05, 0.1) is 6.54 Å². The third-order valence-corrected chi connectivity index (χ3v) is 4.81. The maximum atomic E-state index is 13.1. The van der Waals surface area contributed by atoms with E-state index in [1.807, 2.05) is 12.1 Å². The summed E-state index contributed by atoms with van der Waals surface area (Å²) < 4.78 is 11.8. The van der Waals surface area contributed by atoms with Crippen molar-refractivity contribution in [1.82, 2.24) is 14.7 Å². The number of rotatable bonds is 8. The highest BCUT2D eigenvalue weighted by atomic mass is 35.5. The zero-order chi connectivity index (χ0) is 22.5. The van der Waals surface area contributed by atoms with E-state index in [9.17, 15) is 9.59 Å². The van der Waals surface area contributed by atoms with Gasteiger partial charge in [0, 0.05) is 35.0 Å². The molecule has 0 bridgehead atoms. The largest absolute Gasteiger partial charge is 0.436 e. The van der Waals surface area contributed by atoms with Crippen molar-refractivity contribution < 1.29 is 14.1 Å². The maximum Gasteiger partial charge on any atom is 0.259 e. The Morgan fingerprint density at radius 3 is 2.53 bits per heavy atom. The van der Waals surface area contributed by atoms with Crippen LogP contribution in [0.25, 0.3) is 0 Å². The standard InChI is InChI=1S/C23H19ClN4O4/c1-15(29)12-17-13-25-23(28(22(17)30)14-16-2-4-18(24)5-3-16)26-19-6-8-20(9-7-19)32-21-10-11-31-27-21/h2-11,13H,12,14H2,1H3,(H,25,26). The lowest BCUT2D eigenvalue weighted by molar-refractivity contribution is -0.116. The van der Waals surface area contributed by atoms with Crippen molar-refractivity contribution in [3.8, 4) is 11.6 Å². The quantitative estimate of drug-likeness (QED) is 0.418. The van der Waals surface area contributed by atoms with Crippen molar-refractivity contribution in [3.63, 3.8) is 0 Å². The molecule has 2 aromatic heterocycles. The summed E-state index contributed by atoms with van der Waals surface area (Å²) in [4.78, 5) is 29.1. The number of nitrogens with zero attached hydrogens (tertiary/aromatic N) is 3. The Bertz CT molecular complexity index is 1270. The van der Waals surface area contributed by atoms with Gasteiger partial charge in [-0.25, -0.2) is 4.98 Å². The van der Waals surface area contributed by atoms with E-state index in [-0.39, 0.29) is 24.3 Å². The predicted molar refractivity (Wildman–Crippen MR) is 120 cm³/mol. The van der Waals surface area contributed by atoms with E-state index >= 15 is 0 Å². The van der Waals surface area contributed by atoms with Crippen molar-refractivity contribution >= 4 is 29.0 Å². The number of halogens is 1. The summed E-state index contributed by atoms with van der Waals surface area (Å²) in [5.41, 5.74) is 1.64. The molecule has 0 saturated carbocycles. The summed E-state index contributed by atoms with van der Waals surface area (Å²) in [6, 6.07) is 15.9. The number of ketones is 1. The minimum atomic E-state index is -0.279. The van der Waals surface area contributed by atoms with E-state index in [2.05, 4.69) is 15.5 Å². The van der Waals surface area contributed by atoms with E-state index in [1.54, 1.807) is 42.5 Å². The Balaban J connectivity index is 1.61. The Morgan fingerprint density at radius 2 is 1.88 bits per heavy atom. The maximum absolute atomic E-state index is 13.1. The van der Waals surface area contributed by atoms with E-state index in [0.717, 1.165) is 5.56 Å². The first-order chi connectivity index (χ1) is 15.5. The Morgan fingerprint density at radius 1 is 1.12 bits per heavy atom. The molecule has 0 aliphatic rings. The van der Waals surface area contributed by atoms with Crippen LogP contribution in [0.2, 0.25) is 5.02 Å². The summed E-state index contributed by atoms with van der Waals surface area (Å²) in [7, 11) is 0. The Labute approximate surface area is 188 Å². The second kappa shape index (κ2) is 9.49. The smallest absolute Gasteiger partial charge is 0.259 e. The molecule has 0 unspecified atom stereocenters. The summed E-state index contributed by atoms with van der Waals surface area (Å²) in [5, 5.41) is 7.47. The molecule has 0 aliphatic heterocycles. The molecule has 2 aromatic carbocycles.